The number of esters is 1. The van der Waals surface area contributed by atoms with Crippen molar-refractivity contribution in [2.75, 3.05) is 18.6 Å². The summed E-state index contributed by atoms with van der Waals surface area (Å²) >= 11 is 11.7. The number of halogens is 3. The van der Waals surface area contributed by atoms with Gasteiger partial charge in [0.15, 0.2) is 11.6 Å². The number of pyridine rings is 1. The van der Waals surface area contributed by atoms with Gasteiger partial charge in [-0.1, -0.05) is 35.3 Å². The lowest BCUT2D eigenvalue weighted by molar-refractivity contribution is -0.144. The van der Waals surface area contributed by atoms with Crippen LogP contribution < -0.4 is 4.90 Å². The molecule has 0 spiro atoms. The SMILES string of the molecule is COC(=O)CCCC1C(=O)N(c2ncc(Cl)cc2F)CC(=O)N1Cc1ccc(Cl)cc1. The first-order chi connectivity index (χ1) is 14.8. The molecule has 2 heterocycles. The van der Waals surface area contributed by atoms with Crippen LogP contribution in [0.5, 0.6) is 0 Å². The number of rotatable bonds is 7. The van der Waals surface area contributed by atoms with Crippen LogP contribution in [0.2, 0.25) is 10.0 Å². The Morgan fingerprint density at radius 1 is 1.23 bits per heavy atom. The van der Waals surface area contributed by atoms with Gasteiger partial charge in [0.1, 0.15) is 12.6 Å². The monoisotopic (exact) mass is 467 g/mol. The first-order valence-corrected chi connectivity index (χ1v) is 10.3. The smallest absolute Gasteiger partial charge is 0.305 e. The van der Waals surface area contributed by atoms with Gasteiger partial charge in [0.2, 0.25) is 5.91 Å². The molecule has 3 rings (SSSR count). The second-order valence-electron chi connectivity index (χ2n) is 7.02. The summed E-state index contributed by atoms with van der Waals surface area (Å²) in [5.41, 5.74) is 0.785. The van der Waals surface area contributed by atoms with Gasteiger partial charge in [-0.15, -0.1) is 0 Å². The Kier molecular flexibility index (Phi) is 7.46. The Labute approximate surface area is 188 Å². The molecular formula is C21H20Cl2FN3O4. The molecule has 31 heavy (non-hydrogen) atoms. The van der Waals surface area contributed by atoms with Crippen molar-refractivity contribution in [3.63, 3.8) is 0 Å². The van der Waals surface area contributed by atoms with Crippen LogP contribution in [0, 0.1) is 5.82 Å². The molecule has 2 aromatic rings. The Balaban J connectivity index is 1.87. The summed E-state index contributed by atoms with van der Waals surface area (Å²) in [7, 11) is 1.28. The first-order valence-electron chi connectivity index (χ1n) is 9.53. The summed E-state index contributed by atoms with van der Waals surface area (Å²) in [5.74, 6) is -2.32. The van der Waals surface area contributed by atoms with Gasteiger partial charge in [0.25, 0.3) is 5.91 Å². The zero-order valence-corrected chi connectivity index (χ0v) is 18.2. The zero-order chi connectivity index (χ0) is 22.5. The van der Waals surface area contributed by atoms with E-state index in [0.29, 0.717) is 11.4 Å². The Hall–Kier alpha value is -2.71. The number of benzene rings is 1. The molecule has 0 N–H and O–H groups in total. The number of methoxy groups -OCH3 is 1. The highest BCUT2D eigenvalue weighted by Gasteiger charge is 2.41. The molecule has 1 saturated heterocycles. The number of carbonyl (C=O) groups is 3. The molecule has 1 aromatic carbocycles. The summed E-state index contributed by atoms with van der Waals surface area (Å²) in [4.78, 5) is 44.1. The molecule has 0 aliphatic carbocycles. The van der Waals surface area contributed by atoms with Crippen LogP contribution in [-0.2, 0) is 25.7 Å². The quantitative estimate of drug-likeness (QED) is 0.581. The molecule has 1 unspecified atom stereocenters. The highest BCUT2D eigenvalue weighted by Crippen LogP contribution is 2.27. The van der Waals surface area contributed by atoms with E-state index in [4.69, 9.17) is 23.2 Å². The van der Waals surface area contributed by atoms with Crippen LogP contribution in [0.3, 0.4) is 0 Å². The first kappa shape index (κ1) is 23.0. The van der Waals surface area contributed by atoms with Gasteiger partial charge in [-0.3, -0.25) is 19.3 Å². The molecule has 1 aromatic heterocycles. The number of hydrogen-bond donors (Lipinski definition) is 0. The van der Waals surface area contributed by atoms with E-state index in [0.717, 1.165) is 16.5 Å². The zero-order valence-electron chi connectivity index (χ0n) is 16.7. The predicted octanol–water partition coefficient (Wildman–Crippen LogP) is 3.61. The van der Waals surface area contributed by atoms with Gasteiger partial charge >= 0.3 is 5.97 Å². The van der Waals surface area contributed by atoms with Gasteiger partial charge in [0, 0.05) is 24.2 Å². The van der Waals surface area contributed by atoms with E-state index in [1.165, 1.54) is 18.2 Å². The van der Waals surface area contributed by atoms with E-state index in [1.54, 1.807) is 24.3 Å². The second kappa shape index (κ2) is 10.1. The predicted molar refractivity (Wildman–Crippen MR) is 113 cm³/mol. The molecule has 0 saturated carbocycles. The Morgan fingerprint density at radius 3 is 2.58 bits per heavy atom. The third kappa shape index (κ3) is 5.51. The number of piperazine rings is 1. The maximum Gasteiger partial charge on any atom is 0.305 e. The van der Waals surface area contributed by atoms with E-state index in [1.807, 2.05) is 0 Å². The minimum atomic E-state index is -0.890. The topological polar surface area (TPSA) is 79.8 Å². The van der Waals surface area contributed by atoms with Crippen molar-refractivity contribution >= 4 is 46.8 Å². The number of hydrogen-bond acceptors (Lipinski definition) is 5. The number of amides is 2. The molecule has 2 amide bonds. The molecule has 164 valence electrons. The molecule has 1 aliphatic heterocycles. The molecular weight excluding hydrogens is 448 g/mol. The van der Waals surface area contributed by atoms with Crippen molar-refractivity contribution in [1.29, 1.82) is 0 Å². The molecule has 1 atom stereocenters. The number of nitrogens with zero attached hydrogens (tertiary/aromatic N) is 3. The molecule has 0 radical (unpaired) electrons. The van der Waals surface area contributed by atoms with Crippen molar-refractivity contribution < 1.29 is 23.5 Å². The van der Waals surface area contributed by atoms with Gasteiger partial charge in [-0.2, -0.15) is 0 Å². The maximum absolute atomic E-state index is 14.4. The third-order valence-corrected chi connectivity index (χ3v) is 5.40. The lowest BCUT2D eigenvalue weighted by Crippen LogP contribution is -2.60. The number of aromatic nitrogens is 1. The highest BCUT2D eigenvalue weighted by molar-refractivity contribution is 6.30. The van der Waals surface area contributed by atoms with Crippen LogP contribution in [0.15, 0.2) is 36.5 Å². The fourth-order valence-corrected chi connectivity index (χ4v) is 3.65. The van der Waals surface area contributed by atoms with Crippen LogP contribution in [0.1, 0.15) is 24.8 Å². The highest BCUT2D eigenvalue weighted by atomic mass is 35.5. The van der Waals surface area contributed by atoms with Gasteiger partial charge < -0.3 is 9.64 Å². The largest absolute Gasteiger partial charge is 0.469 e. The van der Waals surface area contributed by atoms with Gasteiger partial charge in [0.05, 0.1) is 12.1 Å². The lowest BCUT2D eigenvalue weighted by Gasteiger charge is -2.40. The minimum Gasteiger partial charge on any atom is -0.469 e. The average Bonchev–Trinajstić information content (AvgIpc) is 2.74. The van der Waals surface area contributed by atoms with Crippen molar-refractivity contribution in [3.05, 3.63) is 58.0 Å². The fourth-order valence-electron chi connectivity index (χ4n) is 3.38. The van der Waals surface area contributed by atoms with Crippen LogP contribution >= 0.6 is 23.2 Å². The number of carbonyl (C=O) groups excluding carboxylic acids is 3. The van der Waals surface area contributed by atoms with Crippen molar-refractivity contribution in [3.8, 4) is 0 Å². The van der Waals surface area contributed by atoms with Crippen molar-refractivity contribution in [2.45, 2.75) is 31.8 Å². The molecule has 7 nitrogen and oxygen atoms in total. The standard InChI is InChI=1S/C21H20Cl2FN3O4/c1-31-19(29)4-2-3-17-21(30)27(20-16(24)9-15(23)10-25-20)12-18(28)26(17)11-13-5-7-14(22)8-6-13/h5-10,17H,2-4,11-12H2,1H3. The van der Waals surface area contributed by atoms with E-state index in [9.17, 15) is 18.8 Å². The number of anilines is 1. The molecule has 1 fully saturated rings. The fraction of sp³-hybridized carbons (Fsp3) is 0.333. The van der Waals surface area contributed by atoms with Crippen LogP contribution in [0.4, 0.5) is 10.2 Å². The van der Waals surface area contributed by atoms with Crippen LogP contribution in [-0.4, -0.2) is 47.4 Å². The average molecular weight is 468 g/mol. The summed E-state index contributed by atoms with van der Waals surface area (Å²) in [5, 5.41) is 0.630. The lowest BCUT2D eigenvalue weighted by atomic mass is 10.0. The van der Waals surface area contributed by atoms with E-state index < -0.39 is 23.7 Å². The summed E-state index contributed by atoms with van der Waals surface area (Å²) in [6, 6.07) is 7.06. The Bertz CT molecular complexity index is 987. The van der Waals surface area contributed by atoms with Crippen molar-refractivity contribution in [2.24, 2.45) is 0 Å². The van der Waals surface area contributed by atoms with E-state index in [-0.39, 0.29) is 42.7 Å². The third-order valence-electron chi connectivity index (χ3n) is 4.94. The van der Waals surface area contributed by atoms with Gasteiger partial charge in [-0.05, 0) is 36.6 Å². The van der Waals surface area contributed by atoms with Crippen molar-refractivity contribution in [1.82, 2.24) is 9.88 Å². The summed E-state index contributed by atoms with van der Waals surface area (Å²) < 4.78 is 19.0. The summed E-state index contributed by atoms with van der Waals surface area (Å²) in [6.45, 7) is -0.180. The minimum absolute atomic E-state index is 0.0797. The van der Waals surface area contributed by atoms with Crippen LogP contribution in [0.25, 0.3) is 0 Å². The van der Waals surface area contributed by atoms with Gasteiger partial charge in [-0.25, -0.2) is 9.37 Å². The normalized spacial score (nSPS) is 16.6. The Morgan fingerprint density at radius 2 is 1.94 bits per heavy atom. The second-order valence-corrected chi connectivity index (χ2v) is 7.89. The molecule has 1 aliphatic rings. The van der Waals surface area contributed by atoms with E-state index in [2.05, 4.69) is 9.72 Å². The molecule has 0 bridgehead atoms. The molecule has 10 heteroatoms. The maximum atomic E-state index is 14.4. The summed E-state index contributed by atoms with van der Waals surface area (Å²) in [6.07, 6.45) is 1.83. The number of ether oxygens (including phenoxy) is 1. The van der Waals surface area contributed by atoms with E-state index >= 15 is 0 Å².